The number of carbonyl (C=O) groups is 2. The van der Waals surface area contributed by atoms with Crippen molar-refractivity contribution in [2.75, 3.05) is 57.1 Å². The number of aryl methyl sites for hydroxylation is 1. The van der Waals surface area contributed by atoms with Crippen LogP contribution in [0.5, 0.6) is 0 Å². The van der Waals surface area contributed by atoms with Gasteiger partial charge in [-0.05, 0) is 66.3 Å². The second-order valence-corrected chi connectivity index (χ2v) is 13.1. The molecule has 3 aromatic rings. The summed E-state index contributed by atoms with van der Waals surface area (Å²) in [6.07, 6.45) is 5.04. The van der Waals surface area contributed by atoms with Gasteiger partial charge < -0.3 is 15.4 Å². The molecular formula is C35H48N7O3+. The smallest absolute Gasteiger partial charge is 0.310 e. The third-order valence-corrected chi connectivity index (χ3v) is 8.68. The Kier molecular flexibility index (Phi) is 10.8. The molecule has 0 radical (unpaired) electrons. The van der Waals surface area contributed by atoms with Gasteiger partial charge in [-0.3, -0.25) is 34.6 Å². The number of benzene rings is 2. The second-order valence-electron chi connectivity index (χ2n) is 13.1. The molecule has 4 N–H and O–H groups in total. The van der Waals surface area contributed by atoms with E-state index in [2.05, 4.69) is 51.2 Å². The largest absolute Gasteiger partial charge is 0.415 e. The number of hydrogen-bond acceptors (Lipinski definition) is 8. The molecule has 2 fully saturated rings. The lowest BCUT2D eigenvalue weighted by molar-refractivity contribution is -0.929. The zero-order valence-corrected chi connectivity index (χ0v) is 27.0. The number of pyridine rings is 1. The van der Waals surface area contributed by atoms with E-state index in [1.165, 1.54) is 11.1 Å². The van der Waals surface area contributed by atoms with Crippen molar-refractivity contribution in [2.24, 2.45) is 5.92 Å². The number of carbonyl (C=O) groups excluding carboxylic acids is 2. The Morgan fingerprint density at radius 1 is 1.11 bits per heavy atom. The molecule has 2 saturated heterocycles. The van der Waals surface area contributed by atoms with Crippen LogP contribution in [0.15, 0.2) is 67.0 Å². The minimum absolute atomic E-state index is 0.110. The van der Waals surface area contributed by atoms with Crippen LogP contribution in [-0.2, 0) is 16.1 Å². The first kappa shape index (κ1) is 32.6. The van der Waals surface area contributed by atoms with Gasteiger partial charge in [-0.1, -0.05) is 38.1 Å². The van der Waals surface area contributed by atoms with Gasteiger partial charge in [-0.2, -0.15) is 0 Å². The number of nitrogens with one attached hydrogen (secondary N) is 4. The van der Waals surface area contributed by atoms with Gasteiger partial charge in [0.25, 0.3) is 5.91 Å². The van der Waals surface area contributed by atoms with Crippen LogP contribution in [0.1, 0.15) is 59.8 Å². The molecule has 10 heteroatoms. The average Bonchev–Trinajstić information content (AvgIpc) is 3.03. The second kappa shape index (κ2) is 15.0. The molecule has 2 aliphatic heterocycles. The summed E-state index contributed by atoms with van der Waals surface area (Å²) in [6, 6.07) is 18.1. The van der Waals surface area contributed by atoms with Crippen molar-refractivity contribution in [2.45, 2.75) is 52.5 Å². The monoisotopic (exact) mass is 614 g/mol. The lowest BCUT2D eigenvalue weighted by Gasteiger charge is -2.41. The number of likely N-dealkylation sites (N-methyl/N-ethyl adjacent to an activating group) is 1. The highest BCUT2D eigenvalue weighted by atomic mass is 16.5. The van der Waals surface area contributed by atoms with Crippen LogP contribution in [0.2, 0.25) is 0 Å². The van der Waals surface area contributed by atoms with Crippen molar-refractivity contribution in [3.8, 4) is 0 Å². The number of nitrogens with zero attached hydrogens (tertiary/aromatic N) is 3. The van der Waals surface area contributed by atoms with Crippen LogP contribution in [0.25, 0.3) is 0 Å². The molecule has 2 unspecified atom stereocenters. The zero-order chi connectivity index (χ0) is 31.8. The van der Waals surface area contributed by atoms with Gasteiger partial charge in [-0.25, -0.2) is 0 Å². The first-order valence-electron chi connectivity index (χ1n) is 16.0. The van der Waals surface area contributed by atoms with Gasteiger partial charge >= 0.3 is 5.97 Å². The van der Waals surface area contributed by atoms with Crippen molar-refractivity contribution in [3.63, 3.8) is 0 Å². The van der Waals surface area contributed by atoms with Gasteiger partial charge in [0.1, 0.15) is 6.29 Å². The van der Waals surface area contributed by atoms with E-state index in [-0.39, 0.29) is 24.2 Å². The topological polar surface area (TPSA) is 108 Å². The Balaban J connectivity index is 1.10. The molecule has 0 aliphatic carbocycles. The molecule has 2 aromatic carbocycles. The molecule has 240 valence electrons. The summed E-state index contributed by atoms with van der Waals surface area (Å²) in [7, 11) is 2.16. The number of hydrogen-bond donors (Lipinski definition) is 4. The third-order valence-electron chi connectivity index (χ3n) is 8.68. The number of ether oxygens (including phenoxy) is 1. The summed E-state index contributed by atoms with van der Waals surface area (Å²) in [5, 5.41) is 13.7. The highest BCUT2D eigenvalue weighted by molar-refractivity contribution is 6.04. The number of quaternary nitrogens is 1. The fourth-order valence-electron chi connectivity index (χ4n) is 5.78. The summed E-state index contributed by atoms with van der Waals surface area (Å²) in [5.74, 6) is 0.0591. The molecule has 0 spiro atoms. The lowest BCUT2D eigenvalue weighted by atomic mass is 10.0. The number of rotatable bonds is 11. The number of aromatic nitrogens is 1. The van der Waals surface area contributed by atoms with E-state index >= 15 is 0 Å². The molecule has 2 aliphatic rings. The normalized spacial score (nSPS) is 20.0. The van der Waals surface area contributed by atoms with Crippen molar-refractivity contribution in [1.29, 1.82) is 0 Å². The summed E-state index contributed by atoms with van der Waals surface area (Å²) in [4.78, 5) is 31.8. The van der Waals surface area contributed by atoms with Crippen molar-refractivity contribution < 1.29 is 18.8 Å². The Hall–Kier alpha value is -3.83. The summed E-state index contributed by atoms with van der Waals surface area (Å²) >= 11 is 0. The summed E-state index contributed by atoms with van der Waals surface area (Å²) in [6.45, 7) is 12.0. The van der Waals surface area contributed by atoms with Crippen LogP contribution >= 0.6 is 0 Å². The molecule has 3 heterocycles. The van der Waals surface area contributed by atoms with E-state index in [1.807, 2.05) is 68.6 Å². The zero-order valence-electron chi connectivity index (χ0n) is 27.0. The Morgan fingerprint density at radius 3 is 2.60 bits per heavy atom. The Bertz CT molecular complexity index is 1420. The molecule has 10 nitrogen and oxygen atoms in total. The molecule has 1 aromatic heterocycles. The van der Waals surface area contributed by atoms with Crippen LogP contribution in [0.3, 0.4) is 0 Å². The molecule has 45 heavy (non-hydrogen) atoms. The van der Waals surface area contributed by atoms with E-state index in [0.717, 1.165) is 67.1 Å². The average molecular weight is 615 g/mol. The minimum atomic E-state index is -0.139. The van der Waals surface area contributed by atoms with Gasteiger partial charge in [0.2, 0.25) is 6.73 Å². The highest BCUT2D eigenvalue weighted by Gasteiger charge is 2.30. The maximum atomic E-state index is 13.1. The van der Waals surface area contributed by atoms with E-state index in [0.29, 0.717) is 24.6 Å². The van der Waals surface area contributed by atoms with Crippen LogP contribution in [0.4, 0.5) is 11.4 Å². The minimum Gasteiger partial charge on any atom is -0.415 e. The number of anilines is 2. The van der Waals surface area contributed by atoms with Crippen molar-refractivity contribution >= 4 is 23.3 Å². The van der Waals surface area contributed by atoms with Crippen molar-refractivity contribution in [3.05, 3.63) is 89.2 Å². The van der Waals surface area contributed by atoms with Crippen LogP contribution in [-0.4, -0.2) is 79.0 Å². The van der Waals surface area contributed by atoms with Crippen molar-refractivity contribution in [1.82, 2.24) is 20.5 Å². The highest BCUT2D eigenvalue weighted by Crippen LogP contribution is 2.24. The maximum Gasteiger partial charge on any atom is 0.310 e. The summed E-state index contributed by atoms with van der Waals surface area (Å²) < 4.78 is 6.30. The summed E-state index contributed by atoms with van der Waals surface area (Å²) in [5.41, 5.74) is 5.74. The number of piperazine rings is 1. The van der Waals surface area contributed by atoms with Gasteiger partial charge in [0, 0.05) is 68.0 Å². The van der Waals surface area contributed by atoms with Gasteiger partial charge in [0.05, 0.1) is 20.1 Å². The fourth-order valence-corrected chi connectivity index (χ4v) is 5.78. The molecule has 2 atom stereocenters. The Labute approximate surface area is 267 Å². The van der Waals surface area contributed by atoms with E-state index in [1.54, 1.807) is 6.20 Å². The van der Waals surface area contributed by atoms with E-state index in [9.17, 15) is 9.59 Å². The van der Waals surface area contributed by atoms with E-state index in [4.69, 9.17) is 4.74 Å². The molecule has 0 bridgehead atoms. The van der Waals surface area contributed by atoms with E-state index < -0.39 is 0 Å². The predicted molar refractivity (Wildman–Crippen MR) is 177 cm³/mol. The lowest BCUT2D eigenvalue weighted by Crippen LogP contribution is -2.58. The van der Waals surface area contributed by atoms with Gasteiger partial charge in [0.15, 0.2) is 0 Å². The predicted octanol–water partition coefficient (Wildman–Crippen LogP) is 4.47. The molecular weight excluding hydrogens is 566 g/mol. The molecule has 5 rings (SSSR count). The SMILES string of the molecule is Cc1ccc(NC(=O)c2ccc(CN3CC[N+](C)(COC(=O)CC(C)C)CC3)cc2)cc1NC1NCCC(c2cccnc2)N1. The number of esters is 1. The first-order valence-corrected chi connectivity index (χ1v) is 16.0. The standard InChI is InChI=1S/C35H47N7O3/c1-25(2)20-33(43)45-24-42(4)18-16-41(17-19-42)23-27-8-10-28(11-9-27)34(44)38-30-12-7-26(3)32(21-30)40-35-37-15-13-31(39-35)29-6-5-14-36-22-29/h5-12,14,21-22,25,31,35,37,39-40H,13,15-20,23-24H2,1-4H3/p+1. The molecule has 1 amide bonds. The quantitative estimate of drug-likeness (QED) is 0.185. The third kappa shape index (κ3) is 9.34. The molecule has 0 saturated carbocycles. The number of amides is 1. The first-order chi connectivity index (χ1) is 21.7. The maximum absolute atomic E-state index is 13.1. The Morgan fingerprint density at radius 2 is 1.89 bits per heavy atom. The fraction of sp³-hybridized carbons (Fsp3) is 0.457. The van der Waals surface area contributed by atoms with Gasteiger partial charge in [-0.15, -0.1) is 0 Å². The van der Waals surface area contributed by atoms with Crippen LogP contribution < -0.4 is 21.3 Å². The van der Waals surface area contributed by atoms with Crippen LogP contribution in [0, 0.1) is 12.8 Å².